The summed E-state index contributed by atoms with van der Waals surface area (Å²) in [6.07, 6.45) is 10.4. The van der Waals surface area contributed by atoms with Crippen LogP contribution in [0.25, 0.3) is 0 Å². The summed E-state index contributed by atoms with van der Waals surface area (Å²) in [6.45, 7) is 3.98. The zero-order valence-electron chi connectivity index (χ0n) is 19.8. The quantitative estimate of drug-likeness (QED) is 0.417. The molecule has 2 bridgehead atoms. The molecule has 4 fully saturated rings. The molecular formula is C26H33ClN4O2S. The van der Waals surface area contributed by atoms with E-state index in [-0.39, 0.29) is 23.4 Å². The SMILES string of the molecule is Cc1ncc(Cl)cc1N[C@@H](C)c1ccc(C(=O)N[C@@H](CC2CCCC2)C(=O)NC23CC(C2)C3)s1. The first-order valence-electron chi connectivity index (χ1n) is 12.4. The van der Waals surface area contributed by atoms with E-state index in [9.17, 15) is 9.59 Å². The van der Waals surface area contributed by atoms with Crippen LogP contribution < -0.4 is 16.0 Å². The van der Waals surface area contributed by atoms with Crippen molar-refractivity contribution in [3.63, 3.8) is 0 Å². The van der Waals surface area contributed by atoms with Crippen molar-refractivity contribution in [1.29, 1.82) is 0 Å². The predicted octanol–water partition coefficient (Wildman–Crippen LogP) is 5.63. The fourth-order valence-corrected chi connectivity index (χ4v) is 6.76. The molecule has 0 saturated heterocycles. The largest absolute Gasteiger partial charge is 0.376 e. The van der Waals surface area contributed by atoms with Crippen molar-refractivity contribution in [2.75, 3.05) is 5.32 Å². The maximum absolute atomic E-state index is 13.2. The molecule has 4 aliphatic rings. The van der Waals surface area contributed by atoms with Gasteiger partial charge in [0.25, 0.3) is 5.91 Å². The molecule has 182 valence electrons. The van der Waals surface area contributed by atoms with Crippen molar-refractivity contribution in [1.82, 2.24) is 15.6 Å². The van der Waals surface area contributed by atoms with E-state index in [0.29, 0.717) is 15.8 Å². The highest BCUT2D eigenvalue weighted by Gasteiger charge is 2.57. The van der Waals surface area contributed by atoms with Gasteiger partial charge in [-0.05, 0) is 69.6 Å². The fraction of sp³-hybridized carbons (Fsp3) is 0.577. The Morgan fingerprint density at radius 2 is 1.97 bits per heavy atom. The summed E-state index contributed by atoms with van der Waals surface area (Å²) < 4.78 is 0. The summed E-state index contributed by atoms with van der Waals surface area (Å²) in [5, 5.41) is 10.4. The standard InChI is InChI=1S/C26H33ClN4O2S/c1-15-20(10-19(27)14-28-15)29-16(2)22-7-8-23(34-22)25(33)30-21(9-17-5-3-4-6-17)24(32)31-26-11-18(12-26)13-26/h7-8,10,14,16-18,21,29H,3-6,9,11-13H2,1-2H3,(H,30,33)(H,31,32)/t16-,18?,21-,26?/m0/s1. The van der Waals surface area contributed by atoms with Crippen LogP contribution in [0, 0.1) is 18.8 Å². The molecule has 4 saturated carbocycles. The predicted molar refractivity (Wildman–Crippen MR) is 136 cm³/mol. The Bertz CT molecular complexity index is 1060. The van der Waals surface area contributed by atoms with Gasteiger partial charge in [0.05, 0.1) is 27.3 Å². The summed E-state index contributed by atoms with van der Waals surface area (Å²) in [6, 6.07) is 5.21. The van der Waals surface area contributed by atoms with Crippen molar-refractivity contribution in [2.24, 2.45) is 11.8 Å². The number of nitrogens with zero attached hydrogens (tertiary/aromatic N) is 1. The van der Waals surface area contributed by atoms with Gasteiger partial charge >= 0.3 is 0 Å². The zero-order valence-corrected chi connectivity index (χ0v) is 21.4. The van der Waals surface area contributed by atoms with Gasteiger partial charge in [0, 0.05) is 16.6 Å². The summed E-state index contributed by atoms with van der Waals surface area (Å²) in [5.41, 5.74) is 1.77. The zero-order chi connectivity index (χ0) is 23.9. The highest BCUT2D eigenvalue weighted by molar-refractivity contribution is 7.14. The van der Waals surface area contributed by atoms with Gasteiger partial charge in [0.2, 0.25) is 5.91 Å². The number of halogens is 1. The minimum Gasteiger partial charge on any atom is -0.376 e. The molecule has 0 aliphatic heterocycles. The van der Waals surface area contributed by atoms with Crippen LogP contribution in [-0.2, 0) is 4.79 Å². The molecule has 2 aromatic rings. The third-order valence-corrected chi connectivity index (χ3v) is 9.27. The van der Waals surface area contributed by atoms with E-state index in [0.717, 1.165) is 60.7 Å². The first-order valence-corrected chi connectivity index (χ1v) is 13.6. The van der Waals surface area contributed by atoms with Crippen LogP contribution in [0.1, 0.15) is 84.6 Å². The lowest BCUT2D eigenvalue weighted by Gasteiger charge is -2.62. The van der Waals surface area contributed by atoms with Crippen molar-refractivity contribution in [3.05, 3.63) is 44.9 Å². The lowest BCUT2D eigenvalue weighted by Crippen LogP contribution is -2.70. The molecule has 6 nitrogen and oxygen atoms in total. The number of amides is 2. The third-order valence-electron chi connectivity index (χ3n) is 7.80. The monoisotopic (exact) mass is 500 g/mol. The van der Waals surface area contributed by atoms with Crippen LogP contribution in [0.15, 0.2) is 24.4 Å². The van der Waals surface area contributed by atoms with Crippen molar-refractivity contribution >= 4 is 40.4 Å². The number of rotatable bonds is 9. The number of hydrogen-bond acceptors (Lipinski definition) is 5. The Hall–Kier alpha value is -2.12. The lowest BCUT2D eigenvalue weighted by atomic mass is 9.50. The van der Waals surface area contributed by atoms with Crippen molar-refractivity contribution < 1.29 is 9.59 Å². The highest BCUT2D eigenvalue weighted by Crippen LogP contribution is 2.57. The van der Waals surface area contributed by atoms with E-state index in [2.05, 4.69) is 20.9 Å². The van der Waals surface area contributed by atoms with E-state index in [4.69, 9.17) is 11.6 Å². The summed E-state index contributed by atoms with van der Waals surface area (Å²) in [5.74, 6) is 1.14. The van der Waals surface area contributed by atoms with Crippen LogP contribution in [0.2, 0.25) is 5.02 Å². The van der Waals surface area contributed by atoms with Crippen LogP contribution in [0.4, 0.5) is 5.69 Å². The van der Waals surface area contributed by atoms with Crippen molar-refractivity contribution in [3.8, 4) is 0 Å². The van der Waals surface area contributed by atoms with Crippen LogP contribution in [-0.4, -0.2) is 28.4 Å². The molecule has 2 amide bonds. The number of pyridine rings is 1. The molecule has 2 heterocycles. The second kappa shape index (κ2) is 9.50. The first-order chi connectivity index (χ1) is 16.3. The summed E-state index contributed by atoms with van der Waals surface area (Å²) >= 11 is 7.55. The number of aromatic nitrogens is 1. The van der Waals surface area contributed by atoms with Crippen molar-refractivity contribution in [2.45, 2.75) is 82.8 Å². The molecule has 2 atom stereocenters. The van der Waals surface area contributed by atoms with E-state index < -0.39 is 6.04 Å². The van der Waals surface area contributed by atoms with E-state index >= 15 is 0 Å². The van der Waals surface area contributed by atoms with Crippen LogP contribution in [0.5, 0.6) is 0 Å². The third kappa shape index (κ3) is 4.96. The lowest BCUT2D eigenvalue weighted by molar-refractivity contribution is -0.135. The average molecular weight is 501 g/mol. The highest BCUT2D eigenvalue weighted by atomic mass is 35.5. The number of hydrogen-bond donors (Lipinski definition) is 3. The second-order valence-corrected chi connectivity index (χ2v) is 12.1. The van der Waals surface area contributed by atoms with Gasteiger partial charge in [-0.3, -0.25) is 14.6 Å². The Morgan fingerprint density at radius 1 is 1.24 bits per heavy atom. The number of carbonyl (C=O) groups excluding carboxylic acids is 2. The van der Waals surface area contributed by atoms with Gasteiger partial charge in [-0.25, -0.2) is 0 Å². The average Bonchev–Trinajstić information content (AvgIpc) is 3.44. The summed E-state index contributed by atoms with van der Waals surface area (Å²) in [7, 11) is 0. The minimum absolute atomic E-state index is 0.00542. The number of thiophene rings is 1. The molecule has 6 rings (SSSR count). The van der Waals surface area contributed by atoms with Crippen LogP contribution in [0.3, 0.4) is 0 Å². The first kappa shape index (κ1) is 23.6. The molecule has 34 heavy (non-hydrogen) atoms. The van der Waals surface area contributed by atoms with E-state index in [1.54, 1.807) is 6.20 Å². The molecule has 2 aromatic heterocycles. The molecule has 0 unspecified atom stereocenters. The van der Waals surface area contributed by atoms with Gasteiger partial charge in [0.15, 0.2) is 0 Å². The number of anilines is 1. The molecule has 0 aromatic carbocycles. The molecule has 3 N–H and O–H groups in total. The molecule has 8 heteroatoms. The topological polar surface area (TPSA) is 83.1 Å². The summed E-state index contributed by atoms with van der Waals surface area (Å²) in [4.78, 5) is 32.3. The number of nitrogens with one attached hydrogen (secondary N) is 3. The smallest absolute Gasteiger partial charge is 0.262 e. The van der Waals surface area contributed by atoms with Gasteiger partial charge < -0.3 is 16.0 Å². The fourth-order valence-electron chi connectivity index (χ4n) is 5.69. The Kier molecular flexibility index (Phi) is 6.60. The van der Waals surface area contributed by atoms with E-state index in [1.807, 2.05) is 32.0 Å². The molecule has 4 aliphatic carbocycles. The second-order valence-electron chi connectivity index (χ2n) is 10.5. The Labute approximate surface area is 210 Å². The Morgan fingerprint density at radius 3 is 2.65 bits per heavy atom. The number of aryl methyl sites for hydroxylation is 1. The normalized spacial score (nSPS) is 25.1. The maximum Gasteiger partial charge on any atom is 0.262 e. The maximum atomic E-state index is 13.2. The Balaban J connectivity index is 1.23. The minimum atomic E-state index is -0.467. The van der Waals surface area contributed by atoms with Gasteiger partial charge in [0.1, 0.15) is 6.04 Å². The number of carbonyl (C=O) groups is 2. The molecule has 0 spiro atoms. The van der Waals surface area contributed by atoms with Crippen LogP contribution >= 0.6 is 22.9 Å². The molecular weight excluding hydrogens is 468 g/mol. The molecule has 0 radical (unpaired) electrons. The van der Waals surface area contributed by atoms with Gasteiger partial charge in [-0.15, -0.1) is 11.3 Å². The van der Waals surface area contributed by atoms with Gasteiger partial charge in [-0.2, -0.15) is 0 Å². The van der Waals surface area contributed by atoms with Gasteiger partial charge in [-0.1, -0.05) is 37.3 Å². The van der Waals surface area contributed by atoms with E-state index in [1.165, 1.54) is 24.2 Å².